The van der Waals surface area contributed by atoms with Crippen LogP contribution < -0.4 is 57.9 Å². The summed E-state index contributed by atoms with van der Waals surface area (Å²) in [6.45, 7) is 8.39. The lowest BCUT2D eigenvalue weighted by atomic mass is 9.84. The zero-order chi connectivity index (χ0) is 72.2. The van der Waals surface area contributed by atoms with Crippen molar-refractivity contribution < 1.29 is 36.4 Å². The first-order valence-corrected chi connectivity index (χ1v) is 37.3. The molecule has 552 valence electrons. The van der Waals surface area contributed by atoms with Gasteiger partial charge in [-0.15, -0.1) is 0 Å². The highest BCUT2D eigenvalue weighted by Crippen LogP contribution is 2.35. The molecule has 0 radical (unpaired) electrons. The molecular weight excluding hydrogens is 1340 g/mol. The van der Waals surface area contributed by atoms with E-state index in [4.69, 9.17) is 11.5 Å². The molecule has 3 saturated carbocycles. The normalized spacial score (nSPS) is 21.2. The maximum Gasteiger partial charge on any atom is 0.416 e. The number of anilines is 8. The van der Waals surface area contributed by atoms with Crippen LogP contribution in [0.3, 0.4) is 0 Å². The third kappa shape index (κ3) is 22.8. The van der Waals surface area contributed by atoms with Crippen molar-refractivity contribution >= 4 is 73.8 Å². The van der Waals surface area contributed by atoms with Gasteiger partial charge in [0, 0.05) is 132 Å². The number of nitro groups is 3. The molecule has 30 nitrogen and oxygen atoms in total. The Balaban J connectivity index is 0.000000166. The van der Waals surface area contributed by atoms with E-state index in [9.17, 15) is 51.9 Å². The summed E-state index contributed by atoms with van der Waals surface area (Å²) in [6, 6.07) is 18.7. The van der Waals surface area contributed by atoms with Crippen molar-refractivity contribution in [2.75, 3.05) is 107 Å². The zero-order valence-corrected chi connectivity index (χ0v) is 58.4. The number of hydrogen-bond acceptors (Lipinski definition) is 26. The van der Waals surface area contributed by atoms with Crippen LogP contribution in [0.15, 0.2) is 85.6 Å². The van der Waals surface area contributed by atoms with Crippen LogP contribution in [0, 0.1) is 48.1 Å². The van der Waals surface area contributed by atoms with E-state index in [1.165, 1.54) is 62.3 Å². The van der Waals surface area contributed by atoms with Crippen molar-refractivity contribution in [1.82, 2.24) is 44.5 Å². The molecule has 0 bridgehead atoms. The first-order chi connectivity index (χ1) is 49.0. The van der Waals surface area contributed by atoms with Crippen LogP contribution in [0.5, 0.6) is 0 Å². The molecule has 7 heterocycles. The lowest BCUT2D eigenvalue weighted by molar-refractivity contribution is -0.384. The fourth-order valence-corrected chi connectivity index (χ4v) is 14.7. The van der Waals surface area contributed by atoms with Gasteiger partial charge >= 0.3 is 23.2 Å². The SMILES string of the molecule is CS(=O)(=O)NC1CN(C2CCC(CNc3nc(NCc4cnccc4C(F)(F)F)ncc3[N+](=O)[O-])CC2)C1.NC1CCC(CNc2nc(NCc3cccc(N4CCCC4)c3)ncc2[N+](=O)[O-])CC1.NC1CCC(CNc2nc(NCc3cccc(N4CCCCCC4)c3)ncc2[N+](=O)[O-])CC1. The number of halogens is 3. The van der Waals surface area contributed by atoms with Gasteiger partial charge in [0.1, 0.15) is 18.6 Å². The highest BCUT2D eigenvalue weighted by Gasteiger charge is 2.37. The van der Waals surface area contributed by atoms with E-state index in [1.54, 1.807) is 0 Å². The van der Waals surface area contributed by atoms with Gasteiger partial charge in [0.15, 0.2) is 0 Å². The lowest BCUT2D eigenvalue weighted by Gasteiger charge is -2.46. The highest BCUT2D eigenvalue weighted by atomic mass is 32.2. The number of nitrogens with one attached hydrogen (secondary N) is 7. The predicted octanol–water partition coefficient (Wildman–Crippen LogP) is 10.4. The van der Waals surface area contributed by atoms with Crippen LogP contribution in [0.2, 0.25) is 0 Å². The van der Waals surface area contributed by atoms with Crippen LogP contribution in [-0.4, -0.2) is 152 Å². The van der Waals surface area contributed by atoms with Crippen molar-refractivity contribution in [3.63, 3.8) is 0 Å². The average Bonchev–Trinajstić information content (AvgIpc) is 0.949. The number of likely N-dealkylation sites (tertiary alicyclic amines) is 1. The van der Waals surface area contributed by atoms with Crippen LogP contribution in [0.1, 0.15) is 138 Å². The number of pyridine rings is 1. The fraction of sp³-hybridized carbons (Fsp3) is 0.574. The molecular formula is C68H95F3N22O8S. The summed E-state index contributed by atoms with van der Waals surface area (Å²) in [4.78, 5) is 68.9. The van der Waals surface area contributed by atoms with E-state index in [0.29, 0.717) is 75.6 Å². The summed E-state index contributed by atoms with van der Waals surface area (Å²) in [5.41, 5.74) is 15.2. The number of nitrogens with two attached hydrogens (primary N) is 2. The Morgan fingerprint density at radius 3 is 1.31 bits per heavy atom. The molecule has 3 aliphatic heterocycles. The quantitative estimate of drug-likeness (QED) is 0.0180. The molecule has 2 aromatic carbocycles. The molecule has 11 N–H and O–H groups in total. The third-order valence-corrected chi connectivity index (χ3v) is 20.6. The lowest BCUT2D eigenvalue weighted by Crippen LogP contribution is -2.62. The van der Waals surface area contributed by atoms with Crippen molar-refractivity contribution in [2.45, 2.75) is 166 Å². The standard InChI is InChI=1S/C24H35N7O2.C22H29F3N8O4S.C22H31N7O2/c25-20-10-8-18(9-11-20)15-26-23-22(31(32)33)17-28-24(29-23)27-16-19-6-5-7-21(14-19)30-12-3-1-2-4-13-30;1-38(36,37)31-16-12-32(13-16)17-4-2-14(3-5-17)8-27-20-19(33(34)35)11-29-21(30-20)28-10-15-9-26-7-6-18(15)22(23,24)25;23-18-8-6-16(7-9-18)13-24-21-20(29(30)31)15-26-22(27-21)25-14-17-4-3-5-19(12-17)28-10-1-2-11-28/h5-7,14,17-18,20H,1-4,8-13,15-16,25H2,(H2,26,27,28,29);6-7,9,11,14,16-17,31H,2-5,8,10,12-13H2,1H3,(H2,27,28,29,30);3-5,12,15-16,18H,1-2,6-11,13-14,23H2,(H2,24,25,26,27). The minimum absolute atomic E-state index is 0.00529. The Morgan fingerprint density at radius 2 is 0.922 bits per heavy atom. The van der Waals surface area contributed by atoms with E-state index in [-0.39, 0.29) is 76.6 Å². The predicted molar refractivity (Wildman–Crippen MR) is 387 cm³/mol. The third-order valence-electron chi connectivity index (χ3n) is 19.8. The maximum absolute atomic E-state index is 13.2. The van der Waals surface area contributed by atoms with Gasteiger partial charge in [-0.25, -0.2) is 28.1 Å². The highest BCUT2D eigenvalue weighted by molar-refractivity contribution is 7.88. The number of hydrogen-bond donors (Lipinski definition) is 9. The summed E-state index contributed by atoms with van der Waals surface area (Å²) in [7, 11) is -3.22. The number of rotatable bonds is 26. The van der Waals surface area contributed by atoms with E-state index in [1.807, 2.05) is 0 Å². The largest absolute Gasteiger partial charge is 0.416 e. The Kier molecular flexibility index (Phi) is 26.9. The first kappa shape index (κ1) is 75.7. The second kappa shape index (κ2) is 36.2. The smallest absolute Gasteiger partial charge is 0.372 e. The Labute approximate surface area is 591 Å². The molecule has 0 unspecified atom stereocenters. The Hall–Kier alpha value is -8.99. The van der Waals surface area contributed by atoms with Crippen LogP contribution in [0.25, 0.3) is 0 Å². The summed E-state index contributed by atoms with van der Waals surface area (Å²) in [6.07, 6.45) is 21.7. The first-order valence-electron chi connectivity index (χ1n) is 35.4. The second-order valence-corrected chi connectivity index (χ2v) is 29.3. The average molecular weight is 1440 g/mol. The molecule has 34 heteroatoms. The van der Waals surface area contributed by atoms with Crippen LogP contribution in [0.4, 0.5) is 76.9 Å². The van der Waals surface area contributed by atoms with Gasteiger partial charge in [-0.3, -0.25) is 40.2 Å². The molecule has 0 spiro atoms. The van der Waals surface area contributed by atoms with E-state index in [2.05, 4.69) is 135 Å². The van der Waals surface area contributed by atoms with Gasteiger partial charge in [0.05, 0.1) is 26.6 Å². The van der Waals surface area contributed by atoms with Crippen molar-refractivity contribution in [3.8, 4) is 0 Å². The fourth-order valence-electron chi connectivity index (χ4n) is 14.0. The minimum atomic E-state index is -4.55. The van der Waals surface area contributed by atoms with Crippen molar-refractivity contribution in [3.05, 3.63) is 138 Å². The molecule has 102 heavy (non-hydrogen) atoms. The summed E-state index contributed by atoms with van der Waals surface area (Å²) in [5, 5.41) is 52.9. The molecule has 6 fully saturated rings. The summed E-state index contributed by atoms with van der Waals surface area (Å²) < 4.78 is 65.0. The van der Waals surface area contributed by atoms with E-state index >= 15 is 0 Å². The number of nitrogens with zero attached hydrogens (tertiary/aromatic N) is 13. The molecule has 12 rings (SSSR count). The molecule has 6 aromatic rings. The Bertz CT molecular complexity index is 3840. The summed E-state index contributed by atoms with van der Waals surface area (Å²) in [5.74, 6) is 2.42. The maximum atomic E-state index is 13.2. The van der Waals surface area contributed by atoms with Crippen LogP contribution in [-0.2, 0) is 35.8 Å². The zero-order valence-electron chi connectivity index (χ0n) is 57.6. The van der Waals surface area contributed by atoms with Gasteiger partial charge in [-0.05, 0) is 162 Å². The minimum Gasteiger partial charge on any atom is -0.372 e. The molecule has 3 saturated heterocycles. The molecule has 6 aliphatic rings. The topological polar surface area (TPSA) is 400 Å². The van der Waals surface area contributed by atoms with Gasteiger partial charge in [-0.2, -0.15) is 28.1 Å². The number of benzene rings is 2. The van der Waals surface area contributed by atoms with E-state index in [0.717, 1.165) is 145 Å². The monoisotopic (exact) mass is 1440 g/mol. The van der Waals surface area contributed by atoms with Crippen molar-refractivity contribution in [1.29, 1.82) is 0 Å². The molecule has 3 aliphatic carbocycles. The number of aromatic nitrogens is 7. The molecule has 0 amide bonds. The van der Waals surface area contributed by atoms with Gasteiger partial charge in [0.2, 0.25) is 45.3 Å². The van der Waals surface area contributed by atoms with Gasteiger partial charge in [-0.1, -0.05) is 37.1 Å². The second-order valence-electron chi connectivity index (χ2n) is 27.5. The van der Waals surface area contributed by atoms with Gasteiger partial charge in [0.25, 0.3) is 0 Å². The number of alkyl halides is 3. The van der Waals surface area contributed by atoms with Crippen LogP contribution >= 0.6 is 0 Å². The van der Waals surface area contributed by atoms with Crippen molar-refractivity contribution in [2.24, 2.45) is 29.2 Å². The van der Waals surface area contributed by atoms with Gasteiger partial charge < -0.3 is 53.2 Å². The number of sulfonamides is 1. The Morgan fingerprint density at radius 1 is 0.529 bits per heavy atom. The van der Waals surface area contributed by atoms with E-state index < -0.39 is 36.5 Å². The summed E-state index contributed by atoms with van der Waals surface area (Å²) >= 11 is 0. The molecule has 0 atom stereocenters. The molecule has 4 aromatic heterocycles.